The van der Waals surface area contributed by atoms with Crippen molar-refractivity contribution in [3.05, 3.63) is 59.2 Å². The number of methoxy groups -OCH3 is 2. The largest absolute Gasteiger partial charge is 0.497 e. The van der Waals surface area contributed by atoms with Crippen molar-refractivity contribution in [2.75, 3.05) is 20.8 Å². The van der Waals surface area contributed by atoms with E-state index < -0.39 is 6.04 Å². The first-order valence-electron chi connectivity index (χ1n) is 11.1. The van der Waals surface area contributed by atoms with Gasteiger partial charge in [-0.05, 0) is 61.1 Å². The smallest absolute Gasteiger partial charge is 0.251 e. The first-order chi connectivity index (χ1) is 15.2. The van der Waals surface area contributed by atoms with Gasteiger partial charge in [0.05, 0.1) is 20.3 Å². The number of hydrogen-bond acceptors (Lipinski definition) is 4. The monoisotopic (exact) mass is 438 g/mol. The van der Waals surface area contributed by atoms with E-state index in [1.807, 2.05) is 47.4 Å². The number of likely N-dealkylation sites (tertiary alicyclic amines) is 1. The second-order valence-corrected chi connectivity index (χ2v) is 9.32. The normalized spacial score (nSPS) is 17.1. The van der Waals surface area contributed by atoms with Crippen molar-refractivity contribution in [2.24, 2.45) is 0 Å². The van der Waals surface area contributed by atoms with Crippen LogP contribution in [-0.2, 0) is 10.2 Å². The number of hydrogen-bond donors (Lipinski definition) is 1. The van der Waals surface area contributed by atoms with Crippen molar-refractivity contribution in [1.29, 1.82) is 0 Å². The van der Waals surface area contributed by atoms with Crippen LogP contribution >= 0.6 is 0 Å². The highest BCUT2D eigenvalue weighted by molar-refractivity contribution is 5.97. The Hall–Kier alpha value is -3.02. The van der Waals surface area contributed by atoms with Crippen LogP contribution in [0.3, 0.4) is 0 Å². The van der Waals surface area contributed by atoms with E-state index in [0.717, 1.165) is 35.5 Å². The topological polar surface area (TPSA) is 67.9 Å². The number of nitrogens with one attached hydrogen (secondary N) is 1. The third-order valence-electron chi connectivity index (χ3n) is 6.06. The standard InChI is InChI=1S/C26H34N2O4/c1-17(27-24(29)18-9-11-19(12-10-18)26(2,3)4)25(30)28-15-7-8-22(28)21-16-20(31-5)13-14-23(21)32-6/h9-14,16-17,22H,7-8,15H2,1-6H3,(H,27,29). The van der Waals surface area contributed by atoms with Crippen LogP contribution in [-0.4, -0.2) is 43.5 Å². The second kappa shape index (κ2) is 9.63. The number of ether oxygens (including phenoxy) is 2. The van der Waals surface area contributed by atoms with Gasteiger partial charge in [-0.3, -0.25) is 9.59 Å². The molecule has 0 spiro atoms. The van der Waals surface area contributed by atoms with Crippen LogP contribution in [0.2, 0.25) is 0 Å². The summed E-state index contributed by atoms with van der Waals surface area (Å²) in [5.74, 6) is 1.10. The lowest BCUT2D eigenvalue weighted by molar-refractivity contribution is -0.133. The zero-order chi connectivity index (χ0) is 23.5. The highest BCUT2D eigenvalue weighted by Crippen LogP contribution is 2.39. The molecule has 1 aliphatic heterocycles. The van der Waals surface area contributed by atoms with Crippen molar-refractivity contribution in [1.82, 2.24) is 10.2 Å². The number of carbonyl (C=O) groups excluding carboxylic acids is 2. The molecule has 3 rings (SSSR count). The fraction of sp³-hybridized carbons (Fsp3) is 0.462. The van der Waals surface area contributed by atoms with E-state index >= 15 is 0 Å². The SMILES string of the molecule is COc1ccc(OC)c(C2CCCN2C(=O)C(C)NC(=O)c2ccc(C(C)(C)C)cc2)c1. The van der Waals surface area contributed by atoms with Gasteiger partial charge in [0.25, 0.3) is 5.91 Å². The molecule has 2 unspecified atom stereocenters. The van der Waals surface area contributed by atoms with E-state index in [1.54, 1.807) is 21.1 Å². The van der Waals surface area contributed by atoms with E-state index in [1.165, 1.54) is 0 Å². The Balaban J connectivity index is 1.73. The molecule has 6 heteroatoms. The molecule has 1 saturated heterocycles. The minimum atomic E-state index is -0.637. The third kappa shape index (κ3) is 5.06. The molecule has 0 aliphatic carbocycles. The highest BCUT2D eigenvalue weighted by atomic mass is 16.5. The summed E-state index contributed by atoms with van der Waals surface area (Å²) in [6.45, 7) is 8.78. The summed E-state index contributed by atoms with van der Waals surface area (Å²) < 4.78 is 10.9. The van der Waals surface area contributed by atoms with Crippen LogP contribution in [0.5, 0.6) is 11.5 Å². The van der Waals surface area contributed by atoms with Crippen molar-refractivity contribution in [2.45, 2.75) is 58.0 Å². The molecule has 2 amide bonds. The first-order valence-corrected chi connectivity index (χ1v) is 11.1. The van der Waals surface area contributed by atoms with E-state index in [0.29, 0.717) is 12.1 Å². The van der Waals surface area contributed by atoms with Gasteiger partial charge in [0, 0.05) is 17.7 Å². The zero-order valence-electron chi connectivity index (χ0n) is 19.9. The Bertz CT molecular complexity index is 963. The van der Waals surface area contributed by atoms with Gasteiger partial charge in [0.2, 0.25) is 5.91 Å². The van der Waals surface area contributed by atoms with Crippen LogP contribution < -0.4 is 14.8 Å². The van der Waals surface area contributed by atoms with E-state index in [9.17, 15) is 9.59 Å². The summed E-state index contributed by atoms with van der Waals surface area (Å²) in [6.07, 6.45) is 1.73. The van der Waals surface area contributed by atoms with Crippen molar-refractivity contribution >= 4 is 11.8 Å². The molecule has 0 radical (unpaired) electrons. The fourth-order valence-corrected chi connectivity index (χ4v) is 4.17. The van der Waals surface area contributed by atoms with Gasteiger partial charge in [-0.1, -0.05) is 32.9 Å². The molecule has 32 heavy (non-hydrogen) atoms. The molecule has 1 N–H and O–H groups in total. The number of carbonyl (C=O) groups is 2. The average Bonchev–Trinajstić information content (AvgIpc) is 3.27. The van der Waals surface area contributed by atoms with Crippen LogP contribution in [0.1, 0.15) is 68.1 Å². The zero-order valence-corrected chi connectivity index (χ0v) is 19.9. The highest BCUT2D eigenvalue weighted by Gasteiger charge is 2.34. The summed E-state index contributed by atoms with van der Waals surface area (Å²) in [4.78, 5) is 27.9. The maximum absolute atomic E-state index is 13.3. The third-order valence-corrected chi connectivity index (χ3v) is 6.06. The van der Waals surface area contributed by atoms with Gasteiger partial charge in [-0.25, -0.2) is 0 Å². The molecule has 0 saturated carbocycles. The molecule has 1 fully saturated rings. The summed E-state index contributed by atoms with van der Waals surface area (Å²) in [5, 5.41) is 2.87. The molecule has 1 heterocycles. The van der Waals surface area contributed by atoms with Crippen LogP contribution in [0.15, 0.2) is 42.5 Å². The van der Waals surface area contributed by atoms with Gasteiger partial charge >= 0.3 is 0 Å². The summed E-state index contributed by atoms with van der Waals surface area (Å²) in [7, 11) is 3.25. The summed E-state index contributed by atoms with van der Waals surface area (Å²) in [5.41, 5.74) is 2.65. The van der Waals surface area contributed by atoms with Crippen LogP contribution in [0, 0.1) is 0 Å². The van der Waals surface area contributed by atoms with Crippen molar-refractivity contribution in [3.8, 4) is 11.5 Å². The Labute approximate surface area is 190 Å². The van der Waals surface area contributed by atoms with Gasteiger partial charge in [-0.15, -0.1) is 0 Å². The lowest BCUT2D eigenvalue weighted by Gasteiger charge is -2.29. The predicted molar refractivity (Wildman–Crippen MR) is 125 cm³/mol. The lowest BCUT2D eigenvalue weighted by atomic mass is 9.86. The van der Waals surface area contributed by atoms with Crippen molar-refractivity contribution < 1.29 is 19.1 Å². The van der Waals surface area contributed by atoms with Crippen LogP contribution in [0.25, 0.3) is 0 Å². The number of amides is 2. The quantitative estimate of drug-likeness (QED) is 0.722. The molecule has 2 aromatic carbocycles. The Morgan fingerprint density at radius 1 is 1.06 bits per heavy atom. The fourth-order valence-electron chi connectivity index (χ4n) is 4.17. The van der Waals surface area contributed by atoms with Gasteiger partial charge in [0.1, 0.15) is 17.5 Å². The number of nitrogens with zero attached hydrogens (tertiary/aromatic N) is 1. The van der Waals surface area contributed by atoms with Gasteiger partial charge in [-0.2, -0.15) is 0 Å². The van der Waals surface area contributed by atoms with Crippen LogP contribution in [0.4, 0.5) is 0 Å². The molecule has 172 valence electrons. The Kier molecular flexibility index (Phi) is 7.12. The predicted octanol–water partition coefficient (Wildman–Crippen LogP) is 4.48. The minimum absolute atomic E-state index is 0.0181. The number of rotatable bonds is 6. The molecule has 6 nitrogen and oxygen atoms in total. The van der Waals surface area contributed by atoms with E-state index in [2.05, 4.69) is 26.1 Å². The molecular formula is C26H34N2O4. The maximum atomic E-state index is 13.3. The van der Waals surface area contributed by atoms with E-state index in [4.69, 9.17) is 9.47 Å². The molecule has 2 aromatic rings. The Morgan fingerprint density at radius 3 is 2.34 bits per heavy atom. The summed E-state index contributed by atoms with van der Waals surface area (Å²) in [6, 6.07) is 12.4. The molecule has 1 aliphatic rings. The second-order valence-electron chi connectivity index (χ2n) is 9.32. The maximum Gasteiger partial charge on any atom is 0.251 e. The minimum Gasteiger partial charge on any atom is -0.497 e. The molecular weight excluding hydrogens is 404 g/mol. The Morgan fingerprint density at radius 2 is 1.75 bits per heavy atom. The average molecular weight is 439 g/mol. The summed E-state index contributed by atoms with van der Waals surface area (Å²) >= 11 is 0. The van der Waals surface area contributed by atoms with Gasteiger partial charge < -0.3 is 19.7 Å². The molecule has 0 aromatic heterocycles. The number of benzene rings is 2. The lowest BCUT2D eigenvalue weighted by Crippen LogP contribution is -2.46. The first kappa shape index (κ1) is 23.6. The molecule has 0 bridgehead atoms. The van der Waals surface area contributed by atoms with Gasteiger partial charge in [0.15, 0.2) is 0 Å². The van der Waals surface area contributed by atoms with Crippen molar-refractivity contribution in [3.63, 3.8) is 0 Å². The van der Waals surface area contributed by atoms with E-state index in [-0.39, 0.29) is 23.3 Å². The molecule has 2 atom stereocenters.